The van der Waals surface area contributed by atoms with Crippen LogP contribution in [-0.2, 0) is 20.2 Å². The number of ether oxygens (including phenoxy) is 2. The Morgan fingerprint density at radius 1 is 1.10 bits per heavy atom. The molecular weight excluding hydrogens is 483 g/mol. The number of rotatable bonds is 11. The molecule has 12 heteroatoms. The predicted molar refractivity (Wildman–Crippen MR) is 127 cm³/mol. The van der Waals surface area contributed by atoms with Crippen LogP contribution in [0.2, 0.25) is 5.15 Å². The summed E-state index contributed by atoms with van der Waals surface area (Å²) in [6.07, 6.45) is 1.70. The maximum atomic E-state index is 5.91. The number of hydrogen-bond acceptors (Lipinski definition) is 8. The molecule has 0 amide bonds. The van der Waals surface area contributed by atoms with E-state index in [-0.39, 0.29) is 24.8 Å². The minimum Gasteiger partial charge on any atom is -0.490 e. The van der Waals surface area contributed by atoms with E-state index in [4.69, 9.17) is 21.1 Å². The molecule has 3 aromatic rings. The van der Waals surface area contributed by atoms with Crippen molar-refractivity contribution >= 4 is 48.2 Å². The van der Waals surface area contributed by atoms with E-state index in [0.717, 1.165) is 40.9 Å². The van der Waals surface area contributed by atoms with Crippen LogP contribution in [-0.4, -0.2) is 44.1 Å². The highest BCUT2D eigenvalue weighted by Crippen LogP contribution is 2.29. The van der Waals surface area contributed by atoms with Crippen molar-refractivity contribution in [3.63, 3.8) is 0 Å². The van der Waals surface area contributed by atoms with Crippen LogP contribution in [0.3, 0.4) is 0 Å². The molecule has 0 aliphatic heterocycles. The maximum Gasteiger partial charge on any atom is 0.209 e. The highest BCUT2D eigenvalue weighted by molar-refractivity contribution is 7.99. The van der Waals surface area contributed by atoms with E-state index in [2.05, 4.69) is 25.8 Å². The first-order valence-corrected chi connectivity index (χ1v) is 10.6. The van der Waals surface area contributed by atoms with Crippen LogP contribution in [0.25, 0.3) is 0 Å². The summed E-state index contributed by atoms with van der Waals surface area (Å²) in [6, 6.07) is 9.61. The summed E-state index contributed by atoms with van der Waals surface area (Å²) in [5, 5.41) is 16.1. The SMILES string of the molecule is CCOc1cc(CNCCSc2nnnn2C)ccc1OCc1ccc(Cl)nc1.Cl.Cl. The molecule has 0 aliphatic rings. The first-order chi connectivity index (χ1) is 14.2. The molecule has 8 nitrogen and oxygen atoms in total. The standard InChI is InChI=1S/C19H23ClN6O2S.2ClH/c1-3-27-17-10-14(11-21-8-9-29-19-23-24-25-26(19)2)4-6-16(17)28-13-15-5-7-18(20)22-12-15;;/h4-7,10,12,21H,3,8-9,11,13H2,1-2H3;2*1H. The van der Waals surface area contributed by atoms with E-state index in [0.29, 0.717) is 24.1 Å². The number of nitrogens with zero attached hydrogens (tertiary/aromatic N) is 5. The smallest absolute Gasteiger partial charge is 0.209 e. The number of tetrazole rings is 1. The molecular formula is C19H25Cl3N6O2S. The van der Waals surface area contributed by atoms with Gasteiger partial charge in [-0.15, -0.1) is 29.9 Å². The van der Waals surface area contributed by atoms with Crippen LogP contribution in [0.4, 0.5) is 0 Å². The molecule has 0 bridgehead atoms. The van der Waals surface area contributed by atoms with Gasteiger partial charge in [0, 0.05) is 37.7 Å². The summed E-state index contributed by atoms with van der Waals surface area (Å²) in [4.78, 5) is 4.07. The van der Waals surface area contributed by atoms with E-state index in [9.17, 15) is 0 Å². The average Bonchev–Trinajstić information content (AvgIpc) is 3.13. The quantitative estimate of drug-likeness (QED) is 0.237. The predicted octanol–water partition coefficient (Wildman–Crippen LogP) is 3.96. The van der Waals surface area contributed by atoms with Gasteiger partial charge in [-0.1, -0.05) is 35.5 Å². The minimum atomic E-state index is 0. The van der Waals surface area contributed by atoms with Gasteiger partial charge >= 0.3 is 0 Å². The minimum absolute atomic E-state index is 0. The van der Waals surface area contributed by atoms with Gasteiger partial charge in [0.25, 0.3) is 0 Å². The molecule has 0 saturated heterocycles. The van der Waals surface area contributed by atoms with Crippen LogP contribution in [0.1, 0.15) is 18.1 Å². The molecule has 0 radical (unpaired) electrons. The fraction of sp³-hybridized carbons (Fsp3) is 0.368. The van der Waals surface area contributed by atoms with Gasteiger partial charge in [-0.3, -0.25) is 0 Å². The Morgan fingerprint density at radius 3 is 2.58 bits per heavy atom. The zero-order chi connectivity index (χ0) is 20.5. The molecule has 0 unspecified atom stereocenters. The normalized spacial score (nSPS) is 10.2. The zero-order valence-electron chi connectivity index (χ0n) is 17.2. The Hall–Kier alpha value is -1.78. The van der Waals surface area contributed by atoms with Gasteiger partial charge in [0.2, 0.25) is 5.16 Å². The van der Waals surface area contributed by atoms with Crippen molar-refractivity contribution in [3.8, 4) is 11.5 Å². The van der Waals surface area contributed by atoms with Crippen molar-refractivity contribution in [1.82, 2.24) is 30.5 Å². The van der Waals surface area contributed by atoms with Gasteiger partial charge in [0.1, 0.15) is 11.8 Å². The molecule has 2 aromatic heterocycles. The topological polar surface area (TPSA) is 87.0 Å². The lowest BCUT2D eigenvalue weighted by molar-refractivity contribution is 0.269. The molecule has 0 aliphatic carbocycles. The van der Waals surface area contributed by atoms with Gasteiger partial charge in [-0.2, -0.15) is 0 Å². The third kappa shape index (κ3) is 8.70. The highest BCUT2D eigenvalue weighted by atomic mass is 35.5. The van der Waals surface area contributed by atoms with E-state index in [1.165, 1.54) is 0 Å². The molecule has 0 fully saturated rings. The lowest BCUT2D eigenvalue weighted by Crippen LogP contribution is -2.17. The monoisotopic (exact) mass is 506 g/mol. The van der Waals surface area contributed by atoms with E-state index < -0.39 is 0 Å². The van der Waals surface area contributed by atoms with Crippen molar-refractivity contribution in [2.75, 3.05) is 18.9 Å². The van der Waals surface area contributed by atoms with Gasteiger partial charge in [0.15, 0.2) is 11.5 Å². The molecule has 1 aromatic carbocycles. The largest absolute Gasteiger partial charge is 0.490 e. The Labute approximate surface area is 203 Å². The van der Waals surface area contributed by atoms with Gasteiger partial charge in [-0.05, 0) is 41.1 Å². The Bertz CT molecular complexity index is 914. The van der Waals surface area contributed by atoms with Crippen molar-refractivity contribution in [1.29, 1.82) is 0 Å². The van der Waals surface area contributed by atoms with Crippen LogP contribution < -0.4 is 14.8 Å². The summed E-state index contributed by atoms with van der Waals surface area (Å²) in [6.45, 7) is 4.49. The number of hydrogen-bond donors (Lipinski definition) is 1. The lowest BCUT2D eigenvalue weighted by Gasteiger charge is -2.14. The van der Waals surface area contributed by atoms with Crippen molar-refractivity contribution in [2.45, 2.75) is 25.2 Å². The third-order valence-electron chi connectivity index (χ3n) is 3.91. The summed E-state index contributed by atoms with van der Waals surface area (Å²) in [7, 11) is 1.83. The maximum absolute atomic E-state index is 5.91. The lowest BCUT2D eigenvalue weighted by atomic mass is 10.2. The number of thioether (sulfide) groups is 1. The van der Waals surface area contributed by atoms with E-state index in [1.807, 2.05) is 38.2 Å². The fourth-order valence-electron chi connectivity index (χ4n) is 2.49. The number of nitrogens with one attached hydrogen (secondary N) is 1. The number of aromatic nitrogens is 5. The first-order valence-electron chi connectivity index (χ1n) is 9.20. The number of pyridine rings is 1. The van der Waals surface area contributed by atoms with Gasteiger partial charge < -0.3 is 14.8 Å². The van der Waals surface area contributed by atoms with E-state index in [1.54, 1.807) is 28.7 Å². The third-order valence-corrected chi connectivity index (χ3v) is 5.15. The second-order valence-corrected chi connectivity index (χ2v) is 7.55. The molecule has 0 atom stereocenters. The molecule has 3 rings (SSSR count). The van der Waals surface area contributed by atoms with Crippen molar-refractivity contribution in [3.05, 3.63) is 52.8 Å². The summed E-state index contributed by atoms with van der Waals surface area (Å²) in [5.74, 6) is 2.31. The highest BCUT2D eigenvalue weighted by Gasteiger charge is 2.08. The second-order valence-electron chi connectivity index (χ2n) is 6.10. The van der Waals surface area contributed by atoms with Crippen LogP contribution >= 0.6 is 48.2 Å². The van der Waals surface area contributed by atoms with Crippen molar-refractivity contribution < 1.29 is 9.47 Å². The molecule has 170 valence electrons. The van der Waals surface area contributed by atoms with Crippen LogP contribution in [0.15, 0.2) is 41.7 Å². The Balaban J connectivity index is 0.00000240. The molecule has 31 heavy (non-hydrogen) atoms. The average molecular weight is 508 g/mol. The van der Waals surface area contributed by atoms with Gasteiger partial charge in [0.05, 0.1) is 6.61 Å². The first kappa shape index (κ1) is 27.3. The van der Waals surface area contributed by atoms with Gasteiger partial charge in [-0.25, -0.2) is 9.67 Å². The molecule has 2 heterocycles. The van der Waals surface area contributed by atoms with Crippen LogP contribution in [0.5, 0.6) is 11.5 Å². The summed E-state index contributed by atoms with van der Waals surface area (Å²) < 4.78 is 13.3. The number of benzene rings is 1. The van der Waals surface area contributed by atoms with Crippen molar-refractivity contribution in [2.24, 2.45) is 7.05 Å². The second kappa shape index (κ2) is 14.3. The number of halogens is 3. The molecule has 0 saturated carbocycles. The molecule has 1 N–H and O–H groups in total. The summed E-state index contributed by atoms with van der Waals surface area (Å²) >= 11 is 7.43. The van der Waals surface area contributed by atoms with Crippen LogP contribution in [0, 0.1) is 0 Å². The Morgan fingerprint density at radius 2 is 1.90 bits per heavy atom. The van der Waals surface area contributed by atoms with E-state index >= 15 is 0 Å². The zero-order valence-corrected chi connectivity index (χ0v) is 20.4. The summed E-state index contributed by atoms with van der Waals surface area (Å²) in [5.41, 5.74) is 2.07. The number of aryl methyl sites for hydroxylation is 1. The fourth-order valence-corrected chi connectivity index (χ4v) is 3.35. The molecule has 0 spiro atoms. The Kier molecular flexibility index (Phi) is 12.6.